The van der Waals surface area contributed by atoms with E-state index in [1.807, 2.05) is 29.6 Å². The highest BCUT2D eigenvalue weighted by molar-refractivity contribution is 7.14. The van der Waals surface area contributed by atoms with Crippen LogP contribution in [-0.2, 0) is 4.79 Å². The highest BCUT2D eigenvalue weighted by atomic mass is 32.1. The lowest BCUT2D eigenvalue weighted by Crippen LogP contribution is -2.30. The van der Waals surface area contributed by atoms with Crippen LogP contribution in [-0.4, -0.2) is 46.2 Å². The Balaban J connectivity index is 1.22. The maximum Gasteiger partial charge on any atom is 0.282 e. The fourth-order valence-electron chi connectivity index (χ4n) is 3.81. The van der Waals surface area contributed by atoms with E-state index in [4.69, 9.17) is 4.74 Å². The van der Waals surface area contributed by atoms with Crippen LogP contribution in [0.25, 0.3) is 11.3 Å². The van der Waals surface area contributed by atoms with E-state index in [0.29, 0.717) is 24.4 Å². The summed E-state index contributed by atoms with van der Waals surface area (Å²) in [5.74, 6) is -0.590. The number of hydrogen-bond donors (Lipinski definition) is 1. The molecule has 0 unspecified atom stereocenters. The van der Waals surface area contributed by atoms with Gasteiger partial charge in [-0.2, -0.15) is 0 Å². The van der Waals surface area contributed by atoms with Gasteiger partial charge >= 0.3 is 0 Å². The largest absolute Gasteiger partial charge is 0.497 e. The predicted octanol–water partition coefficient (Wildman–Crippen LogP) is 4.52. The monoisotopic (exact) mass is 494 g/mol. The van der Waals surface area contributed by atoms with Gasteiger partial charge in [-0.25, -0.2) is 4.98 Å². The number of benzene rings is 2. The maximum atomic E-state index is 12.6. The van der Waals surface area contributed by atoms with E-state index < -0.39 is 16.7 Å². The first-order valence-electron chi connectivity index (χ1n) is 10.9. The number of carbonyl (C=O) groups excluding carboxylic acids is 3. The number of nitrogens with zero attached hydrogens (tertiary/aromatic N) is 3. The molecule has 0 spiro atoms. The summed E-state index contributed by atoms with van der Waals surface area (Å²) >= 11 is 1.34. The molecule has 4 rings (SSSR count). The number of methoxy groups -OCH3 is 1. The summed E-state index contributed by atoms with van der Waals surface area (Å²) in [6.07, 6.45) is 1.93. The average molecular weight is 495 g/mol. The Bertz CT molecular complexity index is 1290. The van der Waals surface area contributed by atoms with Gasteiger partial charge in [0.1, 0.15) is 11.3 Å². The maximum absolute atomic E-state index is 12.6. The van der Waals surface area contributed by atoms with Crippen LogP contribution >= 0.6 is 11.3 Å². The van der Waals surface area contributed by atoms with E-state index in [9.17, 15) is 24.5 Å². The number of nitro groups is 1. The molecule has 3 amide bonds. The second-order valence-corrected chi connectivity index (χ2v) is 8.70. The van der Waals surface area contributed by atoms with Gasteiger partial charge in [-0.15, -0.1) is 11.3 Å². The number of fused-ring (bicyclic) bond motifs is 1. The average Bonchev–Trinajstić information content (AvgIpc) is 3.42. The fraction of sp³-hybridized carbons (Fsp3) is 0.250. The van der Waals surface area contributed by atoms with Gasteiger partial charge in [0.15, 0.2) is 5.13 Å². The first-order chi connectivity index (χ1) is 16.9. The second-order valence-electron chi connectivity index (χ2n) is 7.84. The van der Waals surface area contributed by atoms with E-state index >= 15 is 0 Å². The molecule has 35 heavy (non-hydrogen) atoms. The molecular formula is C24H22N4O6S. The topological polar surface area (TPSA) is 132 Å². The molecular weight excluding hydrogens is 472 g/mol. The van der Waals surface area contributed by atoms with Gasteiger partial charge in [0.2, 0.25) is 5.91 Å². The molecule has 0 saturated heterocycles. The summed E-state index contributed by atoms with van der Waals surface area (Å²) in [5.41, 5.74) is 1.22. The van der Waals surface area contributed by atoms with Crippen molar-refractivity contribution in [2.24, 2.45) is 0 Å². The summed E-state index contributed by atoms with van der Waals surface area (Å²) < 4.78 is 5.15. The minimum Gasteiger partial charge on any atom is -0.497 e. The van der Waals surface area contributed by atoms with Gasteiger partial charge < -0.3 is 10.1 Å². The smallest absolute Gasteiger partial charge is 0.282 e. The Labute approximate surface area is 204 Å². The highest BCUT2D eigenvalue weighted by Gasteiger charge is 2.40. The molecule has 0 radical (unpaired) electrons. The zero-order valence-corrected chi connectivity index (χ0v) is 19.7. The zero-order valence-electron chi connectivity index (χ0n) is 18.9. The molecule has 0 bridgehead atoms. The molecule has 0 fully saturated rings. The van der Waals surface area contributed by atoms with E-state index in [1.165, 1.54) is 29.5 Å². The summed E-state index contributed by atoms with van der Waals surface area (Å²) in [5, 5.41) is 16.4. The van der Waals surface area contributed by atoms with Crippen molar-refractivity contribution < 1.29 is 24.0 Å². The van der Waals surface area contributed by atoms with Crippen LogP contribution in [0.2, 0.25) is 0 Å². The van der Waals surface area contributed by atoms with Crippen molar-refractivity contribution in [2.45, 2.75) is 25.7 Å². The van der Waals surface area contributed by atoms with Gasteiger partial charge in [0.05, 0.1) is 23.3 Å². The molecule has 0 atom stereocenters. The molecule has 1 N–H and O–H groups in total. The summed E-state index contributed by atoms with van der Waals surface area (Å²) in [6, 6.07) is 11.5. The lowest BCUT2D eigenvalue weighted by atomic mass is 10.1. The Morgan fingerprint density at radius 3 is 2.60 bits per heavy atom. The number of imide groups is 1. The van der Waals surface area contributed by atoms with Crippen LogP contribution in [0.15, 0.2) is 47.8 Å². The molecule has 11 heteroatoms. The van der Waals surface area contributed by atoms with Crippen LogP contribution in [0, 0.1) is 10.1 Å². The Kier molecular flexibility index (Phi) is 7.16. The number of nitrogens with one attached hydrogen (secondary N) is 1. The zero-order chi connectivity index (χ0) is 24.9. The van der Waals surface area contributed by atoms with Crippen LogP contribution in [0.5, 0.6) is 5.75 Å². The number of amides is 3. The molecule has 2 aromatic carbocycles. The standard InChI is InChI=1S/C24H22N4O6S/c1-34-16-11-9-15(10-12-16)18-14-35-24(25-18)26-20(29)8-3-2-4-13-27-22(30)17-6-5-7-19(28(32)33)21(17)23(27)31/h5-7,9-12,14H,2-4,8,13H2,1H3,(H,25,26,29). The molecule has 1 aliphatic heterocycles. The van der Waals surface area contributed by atoms with Crippen LogP contribution in [0.4, 0.5) is 10.8 Å². The molecule has 180 valence electrons. The van der Waals surface area contributed by atoms with Crippen LogP contribution < -0.4 is 10.1 Å². The number of rotatable bonds is 10. The van der Waals surface area contributed by atoms with Crippen molar-refractivity contribution in [2.75, 3.05) is 19.0 Å². The normalized spacial score (nSPS) is 12.5. The van der Waals surface area contributed by atoms with Crippen molar-refractivity contribution >= 4 is 39.9 Å². The molecule has 0 saturated carbocycles. The predicted molar refractivity (Wildman–Crippen MR) is 130 cm³/mol. The number of thiazole rings is 1. The lowest BCUT2D eigenvalue weighted by Gasteiger charge is -2.13. The summed E-state index contributed by atoms with van der Waals surface area (Å²) in [7, 11) is 1.60. The van der Waals surface area contributed by atoms with Gasteiger partial charge in [0, 0.05) is 30.0 Å². The van der Waals surface area contributed by atoms with Gasteiger partial charge in [-0.05, 0) is 43.2 Å². The molecule has 10 nitrogen and oxygen atoms in total. The van der Waals surface area contributed by atoms with E-state index in [-0.39, 0.29) is 35.7 Å². The van der Waals surface area contributed by atoms with E-state index in [2.05, 4.69) is 10.3 Å². The number of hydrogen-bond acceptors (Lipinski definition) is 8. The third-order valence-corrected chi connectivity index (χ3v) is 6.35. The minimum absolute atomic E-state index is 0.0565. The van der Waals surface area contributed by atoms with Crippen molar-refractivity contribution in [3.8, 4) is 17.0 Å². The Morgan fingerprint density at radius 1 is 1.11 bits per heavy atom. The number of aromatic nitrogens is 1. The quantitative estimate of drug-likeness (QED) is 0.190. The SMILES string of the molecule is COc1ccc(-c2csc(NC(=O)CCCCCN3C(=O)c4cccc([N+](=O)[O-])c4C3=O)n2)cc1. The highest BCUT2D eigenvalue weighted by Crippen LogP contribution is 2.31. The molecule has 2 heterocycles. The van der Waals surface area contributed by atoms with Crippen molar-refractivity contribution in [3.05, 3.63) is 69.1 Å². The number of unbranched alkanes of at least 4 members (excludes halogenated alkanes) is 2. The first-order valence-corrected chi connectivity index (χ1v) is 11.8. The Morgan fingerprint density at radius 2 is 1.89 bits per heavy atom. The van der Waals surface area contributed by atoms with Crippen molar-refractivity contribution in [1.82, 2.24) is 9.88 Å². The van der Waals surface area contributed by atoms with Crippen molar-refractivity contribution in [1.29, 1.82) is 0 Å². The third kappa shape index (κ3) is 5.19. The second kappa shape index (κ2) is 10.4. The van der Waals surface area contributed by atoms with Crippen LogP contribution in [0.3, 0.4) is 0 Å². The minimum atomic E-state index is -0.658. The molecule has 3 aromatic rings. The summed E-state index contributed by atoms with van der Waals surface area (Å²) in [6.45, 7) is 0.142. The van der Waals surface area contributed by atoms with E-state index in [1.54, 1.807) is 7.11 Å². The Hall–Kier alpha value is -4.12. The van der Waals surface area contributed by atoms with Gasteiger partial charge in [-0.1, -0.05) is 12.5 Å². The fourth-order valence-corrected chi connectivity index (χ4v) is 4.55. The summed E-state index contributed by atoms with van der Waals surface area (Å²) in [4.78, 5) is 53.4. The third-order valence-electron chi connectivity index (χ3n) is 5.60. The van der Waals surface area contributed by atoms with Gasteiger partial charge in [0.25, 0.3) is 17.5 Å². The molecule has 0 aliphatic carbocycles. The first kappa shape index (κ1) is 24.0. The molecule has 1 aliphatic rings. The van der Waals surface area contributed by atoms with Crippen molar-refractivity contribution in [3.63, 3.8) is 0 Å². The van der Waals surface area contributed by atoms with Crippen LogP contribution in [0.1, 0.15) is 46.4 Å². The molecule has 1 aromatic heterocycles. The number of nitro benzene ring substituents is 1. The van der Waals surface area contributed by atoms with Gasteiger partial charge in [-0.3, -0.25) is 29.4 Å². The number of carbonyl (C=O) groups is 3. The number of ether oxygens (including phenoxy) is 1. The van der Waals surface area contributed by atoms with E-state index in [0.717, 1.165) is 21.9 Å². The lowest BCUT2D eigenvalue weighted by molar-refractivity contribution is -0.385. The number of anilines is 1.